The van der Waals surface area contributed by atoms with Crippen LogP contribution >= 0.6 is 0 Å². The van der Waals surface area contributed by atoms with Crippen molar-refractivity contribution in [1.82, 2.24) is 15.5 Å². The fourth-order valence-corrected chi connectivity index (χ4v) is 1.44. The quantitative estimate of drug-likeness (QED) is 0.649. The molecule has 0 amide bonds. The molecule has 0 bridgehead atoms. The lowest BCUT2D eigenvalue weighted by molar-refractivity contribution is 0.458. The van der Waals surface area contributed by atoms with Gasteiger partial charge < -0.3 is 15.1 Å². The van der Waals surface area contributed by atoms with Gasteiger partial charge in [-0.3, -0.25) is 0 Å². The molecular formula is C12H24N4O. The van der Waals surface area contributed by atoms with Crippen LogP contribution in [-0.4, -0.2) is 22.8 Å². The maximum absolute atomic E-state index is 5.44. The van der Waals surface area contributed by atoms with E-state index in [0.717, 1.165) is 13.0 Å². The Balaban J connectivity index is 2.17. The van der Waals surface area contributed by atoms with Crippen LogP contribution in [0.15, 0.2) is 4.42 Å². The van der Waals surface area contributed by atoms with Crippen LogP contribution in [0.25, 0.3) is 0 Å². The van der Waals surface area contributed by atoms with Crippen LogP contribution in [0, 0.1) is 0 Å². The van der Waals surface area contributed by atoms with Crippen LogP contribution in [0.4, 0.5) is 6.01 Å². The molecule has 1 aromatic rings. The number of anilines is 1. The predicted molar refractivity (Wildman–Crippen MR) is 68.9 cm³/mol. The van der Waals surface area contributed by atoms with Crippen LogP contribution in [-0.2, 0) is 6.54 Å². The zero-order chi connectivity index (χ0) is 12.5. The molecule has 0 atom stereocenters. The summed E-state index contributed by atoms with van der Waals surface area (Å²) in [5.41, 5.74) is 0. The molecule has 17 heavy (non-hydrogen) atoms. The second kappa shape index (κ2) is 8.06. The Morgan fingerprint density at radius 3 is 2.71 bits per heavy atom. The lowest BCUT2D eigenvalue weighted by Crippen LogP contribution is -2.21. The summed E-state index contributed by atoms with van der Waals surface area (Å²) in [4.78, 5) is 0. The summed E-state index contributed by atoms with van der Waals surface area (Å²) < 4.78 is 5.44. The van der Waals surface area contributed by atoms with Crippen molar-refractivity contribution in [2.45, 2.75) is 59.0 Å². The van der Waals surface area contributed by atoms with Gasteiger partial charge in [0, 0.05) is 12.6 Å². The minimum Gasteiger partial charge on any atom is -0.407 e. The molecule has 0 aromatic carbocycles. The van der Waals surface area contributed by atoms with Gasteiger partial charge in [-0.05, 0) is 6.42 Å². The topological polar surface area (TPSA) is 63.0 Å². The van der Waals surface area contributed by atoms with E-state index in [1.165, 1.54) is 19.3 Å². The third-order valence-electron chi connectivity index (χ3n) is 2.43. The Kier molecular flexibility index (Phi) is 6.62. The normalized spacial score (nSPS) is 11.1. The van der Waals surface area contributed by atoms with Crippen molar-refractivity contribution in [3.63, 3.8) is 0 Å². The first kappa shape index (κ1) is 14.0. The van der Waals surface area contributed by atoms with Crippen molar-refractivity contribution < 1.29 is 4.42 Å². The molecule has 0 saturated carbocycles. The van der Waals surface area contributed by atoms with Gasteiger partial charge in [0.1, 0.15) is 0 Å². The van der Waals surface area contributed by atoms with Gasteiger partial charge in [0.15, 0.2) is 0 Å². The molecule has 0 aliphatic carbocycles. The van der Waals surface area contributed by atoms with E-state index in [-0.39, 0.29) is 0 Å². The number of nitrogens with one attached hydrogen (secondary N) is 2. The zero-order valence-corrected chi connectivity index (χ0v) is 11.1. The first-order valence-corrected chi connectivity index (χ1v) is 6.52. The smallest absolute Gasteiger partial charge is 0.315 e. The van der Waals surface area contributed by atoms with Crippen LogP contribution in [0.5, 0.6) is 0 Å². The van der Waals surface area contributed by atoms with E-state index in [4.69, 9.17) is 4.42 Å². The molecule has 2 N–H and O–H groups in total. The summed E-state index contributed by atoms with van der Waals surface area (Å²) in [7, 11) is 0. The van der Waals surface area contributed by atoms with Crippen molar-refractivity contribution in [3.05, 3.63) is 5.89 Å². The Hall–Kier alpha value is -1.10. The first-order chi connectivity index (χ1) is 8.22. The summed E-state index contributed by atoms with van der Waals surface area (Å²) in [5.74, 6) is 0.634. The van der Waals surface area contributed by atoms with Crippen LogP contribution < -0.4 is 10.6 Å². The van der Waals surface area contributed by atoms with Gasteiger partial charge in [0.25, 0.3) is 0 Å². The molecular weight excluding hydrogens is 216 g/mol. The summed E-state index contributed by atoms with van der Waals surface area (Å²) in [5, 5.41) is 14.3. The van der Waals surface area contributed by atoms with Gasteiger partial charge in [-0.15, -0.1) is 5.10 Å². The monoisotopic (exact) mass is 240 g/mol. The highest BCUT2D eigenvalue weighted by Gasteiger charge is 2.05. The Bertz CT molecular complexity index is 298. The van der Waals surface area contributed by atoms with Crippen molar-refractivity contribution in [2.75, 3.05) is 11.9 Å². The molecule has 0 aliphatic heterocycles. The van der Waals surface area contributed by atoms with Crippen molar-refractivity contribution in [1.29, 1.82) is 0 Å². The van der Waals surface area contributed by atoms with E-state index in [0.29, 0.717) is 24.5 Å². The SMILES string of the molecule is CCCCCCNc1nnc(CNC(C)C)o1. The van der Waals surface area contributed by atoms with Gasteiger partial charge in [-0.2, -0.15) is 0 Å². The van der Waals surface area contributed by atoms with Gasteiger partial charge in [0.2, 0.25) is 5.89 Å². The number of hydrogen-bond acceptors (Lipinski definition) is 5. The van der Waals surface area contributed by atoms with Crippen molar-refractivity contribution in [2.24, 2.45) is 0 Å². The molecule has 1 aromatic heterocycles. The van der Waals surface area contributed by atoms with E-state index in [1.54, 1.807) is 0 Å². The maximum atomic E-state index is 5.44. The fourth-order valence-electron chi connectivity index (χ4n) is 1.44. The van der Waals surface area contributed by atoms with Gasteiger partial charge in [-0.1, -0.05) is 45.1 Å². The summed E-state index contributed by atoms with van der Waals surface area (Å²) >= 11 is 0. The lowest BCUT2D eigenvalue weighted by Gasteiger charge is -2.03. The number of unbranched alkanes of at least 4 members (excludes halogenated alkanes) is 3. The van der Waals surface area contributed by atoms with Gasteiger partial charge >= 0.3 is 6.01 Å². The fraction of sp³-hybridized carbons (Fsp3) is 0.833. The summed E-state index contributed by atoms with van der Waals surface area (Å²) in [6, 6.07) is 0.953. The largest absolute Gasteiger partial charge is 0.407 e. The van der Waals surface area contributed by atoms with Gasteiger partial charge in [-0.25, -0.2) is 0 Å². The van der Waals surface area contributed by atoms with Crippen molar-refractivity contribution >= 4 is 6.01 Å². The number of rotatable bonds is 9. The van der Waals surface area contributed by atoms with E-state index in [2.05, 4.69) is 41.6 Å². The van der Waals surface area contributed by atoms with E-state index >= 15 is 0 Å². The molecule has 0 aliphatic rings. The Morgan fingerprint density at radius 1 is 1.18 bits per heavy atom. The molecule has 0 radical (unpaired) electrons. The third kappa shape index (κ3) is 6.26. The number of hydrogen-bond donors (Lipinski definition) is 2. The third-order valence-corrected chi connectivity index (χ3v) is 2.43. The summed E-state index contributed by atoms with van der Waals surface area (Å²) in [6.07, 6.45) is 4.94. The van der Waals surface area contributed by atoms with Crippen LogP contribution in [0.1, 0.15) is 52.3 Å². The first-order valence-electron chi connectivity index (χ1n) is 6.52. The highest BCUT2D eigenvalue weighted by molar-refractivity contribution is 5.16. The molecule has 98 valence electrons. The maximum Gasteiger partial charge on any atom is 0.315 e. The predicted octanol–water partition coefficient (Wildman–Crippen LogP) is 2.56. The summed E-state index contributed by atoms with van der Waals surface area (Å²) in [6.45, 7) is 7.91. The molecule has 0 unspecified atom stereocenters. The molecule has 1 rings (SSSR count). The average molecular weight is 240 g/mol. The Labute approximate surface area is 103 Å². The molecule has 0 spiro atoms. The second-order valence-corrected chi connectivity index (χ2v) is 4.52. The van der Waals surface area contributed by atoms with Crippen molar-refractivity contribution in [3.8, 4) is 0 Å². The van der Waals surface area contributed by atoms with E-state index in [9.17, 15) is 0 Å². The molecule has 5 nitrogen and oxygen atoms in total. The molecule has 0 fully saturated rings. The highest BCUT2D eigenvalue weighted by atomic mass is 16.4. The van der Waals surface area contributed by atoms with E-state index in [1.807, 2.05) is 0 Å². The zero-order valence-electron chi connectivity index (χ0n) is 11.1. The minimum absolute atomic E-state index is 0.423. The standard InChI is InChI=1S/C12H24N4O/c1-4-5-6-7-8-13-12-16-15-11(17-12)9-14-10(2)3/h10,14H,4-9H2,1-3H3,(H,13,16). The second-order valence-electron chi connectivity index (χ2n) is 4.52. The molecule has 1 heterocycles. The van der Waals surface area contributed by atoms with Crippen LogP contribution in [0.3, 0.4) is 0 Å². The highest BCUT2D eigenvalue weighted by Crippen LogP contribution is 2.06. The van der Waals surface area contributed by atoms with E-state index < -0.39 is 0 Å². The number of aromatic nitrogens is 2. The Morgan fingerprint density at radius 2 is 2.00 bits per heavy atom. The molecule has 5 heteroatoms. The van der Waals surface area contributed by atoms with Crippen LogP contribution in [0.2, 0.25) is 0 Å². The molecule has 0 saturated heterocycles. The van der Waals surface area contributed by atoms with Gasteiger partial charge in [0.05, 0.1) is 6.54 Å². The lowest BCUT2D eigenvalue weighted by atomic mass is 10.2. The number of nitrogens with zero attached hydrogens (tertiary/aromatic N) is 2. The minimum atomic E-state index is 0.423. The average Bonchev–Trinajstić information content (AvgIpc) is 2.74.